The second kappa shape index (κ2) is 8.58. The minimum Gasteiger partial charge on any atom is -0.493 e. The number of carbonyl (C=O) groups excluding carboxylic acids is 1. The number of carbonyl (C=O) groups is 1. The average Bonchev–Trinajstić information content (AvgIpc) is 2.69. The molecular weight excluding hydrogens is 380 g/mol. The molecule has 3 aromatic rings. The SMILES string of the molecule is COc1ccc(Nc2nc(C)cc(C(=O)Nc3ccccc3Cl)n2)cc1OC. The van der Waals surface area contributed by atoms with Crippen LogP contribution in [0.1, 0.15) is 16.2 Å². The van der Waals surface area contributed by atoms with Crippen molar-refractivity contribution in [1.82, 2.24) is 9.97 Å². The van der Waals surface area contributed by atoms with Crippen molar-refractivity contribution in [3.8, 4) is 11.5 Å². The van der Waals surface area contributed by atoms with Gasteiger partial charge < -0.3 is 20.1 Å². The summed E-state index contributed by atoms with van der Waals surface area (Å²) in [5, 5.41) is 6.28. The molecule has 0 aliphatic rings. The molecule has 0 spiro atoms. The molecule has 1 heterocycles. The van der Waals surface area contributed by atoms with E-state index in [0.29, 0.717) is 33.6 Å². The van der Waals surface area contributed by atoms with Crippen LogP contribution in [0.3, 0.4) is 0 Å². The first-order valence-electron chi connectivity index (χ1n) is 8.41. The van der Waals surface area contributed by atoms with Crippen LogP contribution in [-0.4, -0.2) is 30.1 Å². The molecule has 0 saturated carbocycles. The summed E-state index contributed by atoms with van der Waals surface area (Å²) in [5.74, 6) is 1.08. The second-order valence-electron chi connectivity index (χ2n) is 5.85. The summed E-state index contributed by atoms with van der Waals surface area (Å²) in [7, 11) is 3.13. The van der Waals surface area contributed by atoms with E-state index in [1.54, 1.807) is 69.7 Å². The Morgan fingerprint density at radius 3 is 2.46 bits per heavy atom. The number of benzene rings is 2. The van der Waals surface area contributed by atoms with Crippen LogP contribution in [0.2, 0.25) is 5.02 Å². The van der Waals surface area contributed by atoms with Gasteiger partial charge in [-0.05, 0) is 37.3 Å². The number of amides is 1. The third-order valence-corrected chi connectivity index (χ3v) is 4.18. The van der Waals surface area contributed by atoms with Crippen molar-refractivity contribution in [3.63, 3.8) is 0 Å². The summed E-state index contributed by atoms with van der Waals surface area (Å²) in [6, 6.07) is 13.9. The quantitative estimate of drug-likeness (QED) is 0.638. The molecular formula is C20H19ClN4O3. The molecule has 0 saturated heterocycles. The van der Waals surface area contributed by atoms with Gasteiger partial charge in [0.05, 0.1) is 24.9 Å². The fourth-order valence-corrected chi connectivity index (χ4v) is 2.72. The smallest absolute Gasteiger partial charge is 0.274 e. The maximum absolute atomic E-state index is 12.6. The highest BCUT2D eigenvalue weighted by atomic mass is 35.5. The van der Waals surface area contributed by atoms with Gasteiger partial charge in [-0.1, -0.05) is 23.7 Å². The van der Waals surface area contributed by atoms with Crippen LogP contribution in [0.15, 0.2) is 48.5 Å². The number of methoxy groups -OCH3 is 2. The number of aromatic nitrogens is 2. The van der Waals surface area contributed by atoms with E-state index in [2.05, 4.69) is 20.6 Å². The van der Waals surface area contributed by atoms with E-state index in [1.807, 2.05) is 0 Å². The molecule has 2 N–H and O–H groups in total. The van der Waals surface area contributed by atoms with Crippen LogP contribution in [0, 0.1) is 6.92 Å². The van der Waals surface area contributed by atoms with Gasteiger partial charge in [0.15, 0.2) is 11.5 Å². The number of halogens is 1. The predicted octanol–water partition coefficient (Wildman–Crippen LogP) is 4.45. The zero-order chi connectivity index (χ0) is 20.1. The molecule has 8 heteroatoms. The monoisotopic (exact) mass is 398 g/mol. The van der Waals surface area contributed by atoms with Gasteiger partial charge in [-0.2, -0.15) is 0 Å². The topological polar surface area (TPSA) is 85.4 Å². The van der Waals surface area contributed by atoms with Gasteiger partial charge >= 0.3 is 0 Å². The standard InChI is InChI=1S/C20H19ClN4O3/c1-12-10-16(19(26)24-15-7-5-4-6-14(15)21)25-20(22-12)23-13-8-9-17(27-2)18(11-13)28-3/h4-11H,1-3H3,(H,24,26)(H,22,23,25). The molecule has 28 heavy (non-hydrogen) atoms. The highest BCUT2D eigenvalue weighted by Crippen LogP contribution is 2.30. The molecule has 1 aromatic heterocycles. The van der Waals surface area contributed by atoms with Crippen molar-refractivity contribution in [2.45, 2.75) is 6.92 Å². The normalized spacial score (nSPS) is 10.3. The molecule has 0 aliphatic heterocycles. The third-order valence-electron chi connectivity index (χ3n) is 3.85. The Hall–Kier alpha value is -3.32. The van der Waals surface area contributed by atoms with Gasteiger partial charge in [-0.15, -0.1) is 0 Å². The Morgan fingerprint density at radius 1 is 1.00 bits per heavy atom. The molecule has 0 fully saturated rings. The van der Waals surface area contributed by atoms with Gasteiger partial charge in [0.25, 0.3) is 5.91 Å². The first kappa shape index (κ1) is 19.4. The minimum atomic E-state index is -0.381. The van der Waals surface area contributed by atoms with Crippen LogP contribution in [0.4, 0.5) is 17.3 Å². The zero-order valence-electron chi connectivity index (χ0n) is 15.6. The molecule has 3 rings (SSSR count). The Kier molecular flexibility index (Phi) is 5.96. The Labute approximate surface area is 167 Å². The van der Waals surface area contributed by atoms with Crippen LogP contribution < -0.4 is 20.1 Å². The maximum atomic E-state index is 12.6. The second-order valence-corrected chi connectivity index (χ2v) is 6.25. The fraction of sp³-hybridized carbons (Fsp3) is 0.150. The van der Waals surface area contributed by atoms with E-state index in [1.165, 1.54) is 0 Å². The Balaban J connectivity index is 1.83. The van der Waals surface area contributed by atoms with Crippen molar-refractivity contribution in [2.75, 3.05) is 24.9 Å². The molecule has 0 atom stereocenters. The van der Waals surface area contributed by atoms with Gasteiger partial charge in [0.2, 0.25) is 5.95 Å². The Bertz CT molecular complexity index is 1010. The molecule has 1 amide bonds. The number of aryl methyl sites for hydroxylation is 1. The van der Waals surface area contributed by atoms with E-state index < -0.39 is 0 Å². The van der Waals surface area contributed by atoms with Gasteiger partial charge in [-0.3, -0.25) is 4.79 Å². The Morgan fingerprint density at radius 2 is 1.75 bits per heavy atom. The number of nitrogens with one attached hydrogen (secondary N) is 2. The number of ether oxygens (including phenoxy) is 2. The van der Waals surface area contributed by atoms with Crippen molar-refractivity contribution >= 4 is 34.8 Å². The number of para-hydroxylation sites is 1. The van der Waals surface area contributed by atoms with Crippen molar-refractivity contribution < 1.29 is 14.3 Å². The van der Waals surface area contributed by atoms with E-state index >= 15 is 0 Å². The summed E-state index contributed by atoms with van der Waals surface area (Å²) in [6.45, 7) is 1.79. The summed E-state index contributed by atoms with van der Waals surface area (Å²) < 4.78 is 10.5. The first-order valence-corrected chi connectivity index (χ1v) is 8.78. The summed E-state index contributed by atoms with van der Waals surface area (Å²) in [6.07, 6.45) is 0. The molecule has 2 aromatic carbocycles. The summed E-state index contributed by atoms with van der Waals surface area (Å²) >= 11 is 6.10. The maximum Gasteiger partial charge on any atom is 0.274 e. The van der Waals surface area contributed by atoms with E-state index in [4.69, 9.17) is 21.1 Å². The van der Waals surface area contributed by atoms with Crippen molar-refractivity contribution in [2.24, 2.45) is 0 Å². The summed E-state index contributed by atoms with van der Waals surface area (Å²) in [5.41, 5.74) is 2.07. The first-order chi connectivity index (χ1) is 13.5. The van der Waals surface area contributed by atoms with Crippen LogP contribution in [0.25, 0.3) is 0 Å². The predicted molar refractivity (Wildman–Crippen MR) is 109 cm³/mol. The fourth-order valence-electron chi connectivity index (χ4n) is 2.53. The average molecular weight is 399 g/mol. The zero-order valence-corrected chi connectivity index (χ0v) is 16.4. The molecule has 7 nitrogen and oxygen atoms in total. The van der Waals surface area contributed by atoms with Crippen molar-refractivity contribution in [3.05, 3.63) is 64.9 Å². The molecule has 0 unspecified atom stereocenters. The number of hydrogen-bond donors (Lipinski definition) is 2. The lowest BCUT2D eigenvalue weighted by atomic mass is 10.2. The van der Waals surface area contributed by atoms with E-state index in [9.17, 15) is 4.79 Å². The highest BCUT2D eigenvalue weighted by Gasteiger charge is 2.13. The van der Waals surface area contributed by atoms with E-state index in [0.717, 1.165) is 0 Å². The lowest BCUT2D eigenvalue weighted by Gasteiger charge is -2.12. The number of nitrogens with zero attached hydrogens (tertiary/aromatic N) is 2. The lowest BCUT2D eigenvalue weighted by molar-refractivity contribution is 0.102. The number of hydrogen-bond acceptors (Lipinski definition) is 6. The minimum absolute atomic E-state index is 0.218. The van der Waals surface area contributed by atoms with Crippen molar-refractivity contribution in [1.29, 1.82) is 0 Å². The van der Waals surface area contributed by atoms with Crippen LogP contribution >= 0.6 is 11.6 Å². The molecule has 144 valence electrons. The molecule has 0 bridgehead atoms. The summed E-state index contributed by atoms with van der Waals surface area (Å²) in [4.78, 5) is 21.2. The number of anilines is 3. The van der Waals surface area contributed by atoms with Gasteiger partial charge in [0, 0.05) is 17.4 Å². The van der Waals surface area contributed by atoms with E-state index in [-0.39, 0.29) is 17.5 Å². The van der Waals surface area contributed by atoms with Gasteiger partial charge in [0.1, 0.15) is 5.69 Å². The highest BCUT2D eigenvalue weighted by molar-refractivity contribution is 6.33. The van der Waals surface area contributed by atoms with Crippen LogP contribution in [-0.2, 0) is 0 Å². The third kappa shape index (κ3) is 4.50. The van der Waals surface area contributed by atoms with Gasteiger partial charge in [-0.25, -0.2) is 9.97 Å². The number of rotatable bonds is 6. The molecule has 0 aliphatic carbocycles. The lowest BCUT2D eigenvalue weighted by Crippen LogP contribution is -2.15. The van der Waals surface area contributed by atoms with Crippen LogP contribution in [0.5, 0.6) is 11.5 Å². The molecule has 0 radical (unpaired) electrons. The largest absolute Gasteiger partial charge is 0.493 e.